The Morgan fingerprint density at radius 2 is 2.15 bits per heavy atom. The second-order valence-corrected chi connectivity index (χ2v) is 3.98. The molecule has 0 amide bonds. The van der Waals surface area contributed by atoms with Crippen LogP contribution in [-0.4, -0.2) is 23.1 Å². The Morgan fingerprint density at radius 1 is 1.38 bits per heavy atom. The van der Waals surface area contributed by atoms with E-state index in [0.717, 1.165) is 30.9 Å². The van der Waals surface area contributed by atoms with Gasteiger partial charge in [-0.05, 0) is 19.9 Å². The molecule has 0 radical (unpaired) electrons. The fourth-order valence-corrected chi connectivity index (χ4v) is 2.02. The monoisotopic (exact) mass is 177 g/mol. The molecule has 3 nitrogen and oxygen atoms in total. The van der Waals surface area contributed by atoms with Crippen LogP contribution in [0.3, 0.4) is 0 Å². The first-order valence-electron chi connectivity index (χ1n) is 4.71. The lowest BCUT2D eigenvalue weighted by Crippen LogP contribution is -2.27. The molecule has 1 N–H and O–H groups in total. The van der Waals surface area contributed by atoms with E-state index in [2.05, 4.69) is 22.2 Å². The van der Waals surface area contributed by atoms with Crippen LogP contribution >= 0.6 is 0 Å². The van der Waals surface area contributed by atoms with Crippen LogP contribution in [0.25, 0.3) is 0 Å². The summed E-state index contributed by atoms with van der Waals surface area (Å²) in [6.45, 7) is 6.40. The molecule has 13 heavy (non-hydrogen) atoms. The van der Waals surface area contributed by atoms with Crippen LogP contribution in [0.15, 0.2) is 12.4 Å². The molecule has 2 heterocycles. The first kappa shape index (κ1) is 8.63. The Bertz CT molecular complexity index is 303. The third kappa shape index (κ3) is 1.44. The van der Waals surface area contributed by atoms with E-state index in [9.17, 15) is 0 Å². The van der Waals surface area contributed by atoms with Crippen molar-refractivity contribution in [3.05, 3.63) is 23.8 Å². The van der Waals surface area contributed by atoms with E-state index in [4.69, 9.17) is 0 Å². The number of nitrogens with one attached hydrogen (secondary N) is 1. The van der Waals surface area contributed by atoms with Crippen molar-refractivity contribution in [3.8, 4) is 0 Å². The van der Waals surface area contributed by atoms with Crippen LogP contribution < -0.4 is 5.32 Å². The van der Waals surface area contributed by atoms with Crippen LogP contribution in [0.5, 0.6) is 0 Å². The Labute approximate surface area is 78.6 Å². The topological polar surface area (TPSA) is 37.8 Å². The summed E-state index contributed by atoms with van der Waals surface area (Å²) in [5, 5.41) is 3.37. The first-order chi connectivity index (χ1) is 6.22. The number of hydrogen-bond acceptors (Lipinski definition) is 3. The normalized spacial score (nSPS) is 27.8. The highest BCUT2D eigenvalue weighted by molar-refractivity contribution is 5.22. The summed E-state index contributed by atoms with van der Waals surface area (Å²) >= 11 is 0. The van der Waals surface area contributed by atoms with Gasteiger partial charge in [0.25, 0.3) is 0 Å². The minimum Gasteiger partial charge on any atom is -0.316 e. The lowest BCUT2D eigenvalue weighted by molar-refractivity contribution is 0.501. The SMILES string of the molecule is Cc1nccnc1C1(C)CCNC1. The first-order valence-corrected chi connectivity index (χ1v) is 4.71. The molecule has 1 atom stereocenters. The Morgan fingerprint density at radius 3 is 2.77 bits per heavy atom. The Hall–Kier alpha value is -0.960. The zero-order valence-corrected chi connectivity index (χ0v) is 8.17. The Kier molecular flexibility index (Phi) is 2.04. The lowest BCUT2D eigenvalue weighted by Gasteiger charge is -2.22. The molecule has 1 aromatic heterocycles. The summed E-state index contributed by atoms with van der Waals surface area (Å²) in [5.74, 6) is 0. The highest BCUT2D eigenvalue weighted by atomic mass is 14.9. The summed E-state index contributed by atoms with van der Waals surface area (Å²) < 4.78 is 0. The van der Waals surface area contributed by atoms with Crippen LogP contribution in [0, 0.1) is 6.92 Å². The van der Waals surface area contributed by atoms with E-state index >= 15 is 0 Å². The van der Waals surface area contributed by atoms with Crippen molar-refractivity contribution in [1.82, 2.24) is 15.3 Å². The predicted octanol–water partition coefficient (Wildman–Crippen LogP) is 1.04. The van der Waals surface area contributed by atoms with Crippen molar-refractivity contribution in [1.29, 1.82) is 0 Å². The molecule has 0 spiro atoms. The van der Waals surface area contributed by atoms with Crippen molar-refractivity contribution < 1.29 is 0 Å². The lowest BCUT2D eigenvalue weighted by atomic mass is 9.85. The van der Waals surface area contributed by atoms with E-state index < -0.39 is 0 Å². The molecule has 1 unspecified atom stereocenters. The fraction of sp³-hybridized carbons (Fsp3) is 0.600. The van der Waals surface area contributed by atoms with E-state index in [0.29, 0.717) is 0 Å². The summed E-state index contributed by atoms with van der Waals surface area (Å²) in [7, 11) is 0. The molecular weight excluding hydrogens is 162 g/mol. The highest BCUT2D eigenvalue weighted by Gasteiger charge is 2.33. The number of nitrogens with zero attached hydrogens (tertiary/aromatic N) is 2. The molecule has 0 aliphatic carbocycles. The molecule has 1 aliphatic rings. The second-order valence-electron chi connectivity index (χ2n) is 3.98. The van der Waals surface area contributed by atoms with Crippen molar-refractivity contribution in [3.63, 3.8) is 0 Å². The second kappa shape index (κ2) is 3.07. The average molecular weight is 177 g/mol. The molecule has 0 bridgehead atoms. The average Bonchev–Trinajstić information content (AvgIpc) is 2.54. The van der Waals surface area contributed by atoms with Crippen LogP contribution in [0.2, 0.25) is 0 Å². The smallest absolute Gasteiger partial charge is 0.0687 e. The van der Waals surface area contributed by atoms with Crippen molar-refractivity contribution in [2.75, 3.05) is 13.1 Å². The van der Waals surface area contributed by atoms with Gasteiger partial charge in [-0.25, -0.2) is 0 Å². The van der Waals surface area contributed by atoms with Gasteiger partial charge in [0.15, 0.2) is 0 Å². The number of rotatable bonds is 1. The molecule has 0 aromatic carbocycles. The van der Waals surface area contributed by atoms with E-state index in [1.54, 1.807) is 12.4 Å². The standard InChI is InChI=1S/C10H15N3/c1-8-9(13-6-5-12-8)10(2)3-4-11-7-10/h5-6,11H,3-4,7H2,1-2H3. The highest BCUT2D eigenvalue weighted by Crippen LogP contribution is 2.29. The number of aromatic nitrogens is 2. The number of hydrogen-bond donors (Lipinski definition) is 1. The molecule has 1 saturated heterocycles. The summed E-state index contributed by atoms with van der Waals surface area (Å²) in [5.41, 5.74) is 2.41. The van der Waals surface area contributed by atoms with Gasteiger partial charge in [0, 0.05) is 24.4 Å². The van der Waals surface area contributed by atoms with Gasteiger partial charge in [-0.15, -0.1) is 0 Å². The van der Waals surface area contributed by atoms with Gasteiger partial charge in [0.2, 0.25) is 0 Å². The maximum Gasteiger partial charge on any atom is 0.0687 e. The maximum atomic E-state index is 4.43. The van der Waals surface area contributed by atoms with E-state index in [1.807, 2.05) is 6.92 Å². The van der Waals surface area contributed by atoms with Gasteiger partial charge in [-0.1, -0.05) is 6.92 Å². The van der Waals surface area contributed by atoms with Gasteiger partial charge in [-0.2, -0.15) is 0 Å². The van der Waals surface area contributed by atoms with E-state index in [1.165, 1.54) is 0 Å². The molecule has 70 valence electrons. The molecule has 0 saturated carbocycles. The zero-order valence-electron chi connectivity index (χ0n) is 8.17. The molecule has 1 aliphatic heterocycles. The molecular formula is C10H15N3. The number of aryl methyl sites for hydroxylation is 1. The van der Waals surface area contributed by atoms with Crippen molar-refractivity contribution in [2.24, 2.45) is 0 Å². The molecule has 3 heteroatoms. The van der Waals surface area contributed by atoms with E-state index in [-0.39, 0.29) is 5.41 Å². The zero-order chi connectivity index (χ0) is 9.31. The van der Waals surface area contributed by atoms with Gasteiger partial charge in [-0.3, -0.25) is 9.97 Å². The largest absolute Gasteiger partial charge is 0.316 e. The minimum atomic E-state index is 0.193. The minimum absolute atomic E-state index is 0.193. The van der Waals surface area contributed by atoms with Crippen molar-refractivity contribution in [2.45, 2.75) is 25.7 Å². The van der Waals surface area contributed by atoms with Gasteiger partial charge in [0.05, 0.1) is 11.4 Å². The van der Waals surface area contributed by atoms with Crippen molar-refractivity contribution >= 4 is 0 Å². The summed E-state index contributed by atoms with van der Waals surface area (Å²) in [4.78, 5) is 8.71. The third-order valence-electron chi connectivity index (χ3n) is 2.82. The fourth-order valence-electron chi connectivity index (χ4n) is 2.02. The van der Waals surface area contributed by atoms with Crippen LogP contribution in [0.1, 0.15) is 24.7 Å². The molecule has 1 aromatic rings. The van der Waals surface area contributed by atoms with Crippen LogP contribution in [-0.2, 0) is 5.41 Å². The maximum absolute atomic E-state index is 4.43. The Balaban J connectivity index is 2.39. The molecule has 1 fully saturated rings. The summed E-state index contributed by atoms with van der Waals surface area (Å²) in [6.07, 6.45) is 4.70. The van der Waals surface area contributed by atoms with Gasteiger partial charge >= 0.3 is 0 Å². The quantitative estimate of drug-likeness (QED) is 0.696. The van der Waals surface area contributed by atoms with Gasteiger partial charge < -0.3 is 5.32 Å². The third-order valence-corrected chi connectivity index (χ3v) is 2.82. The van der Waals surface area contributed by atoms with Crippen LogP contribution in [0.4, 0.5) is 0 Å². The molecule has 2 rings (SSSR count). The predicted molar refractivity (Wildman–Crippen MR) is 51.6 cm³/mol. The summed E-state index contributed by atoms with van der Waals surface area (Å²) in [6, 6.07) is 0. The van der Waals surface area contributed by atoms with Gasteiger partial charge in [0.1, 0.15) is 0 Å².